The number of carbonyl (C=O) groups is 3. The number of rotatable bonds is 7. The Hall–Kier alpha value is -1.82. The molecule has 0 bridgehead atoms. The molecule has 5 nitrogen and oxygen atoms in total. The van der Waals surface area contributed by atoms with Gasteiger partial charge in [0, 0.05) is 6.54 Å². The lowest BCUT2D eigenvalue weighted by molar-refractivity contribution is -0.148. The fourth-order valence-electron chi connectivity index (χ4n) is 4.11. The van der Waals surface area contributed by atoms with Crippen molar-refractivity contribution in [3.8, 4) is 0 Å². The van der Waals surface area contributed by atoms with Crippen LogP contribution in [0.5, 0.6) is 0 Å². The number of hydrogen-bond donors (Lipinski definition) is 1. The lowest BCUT2D eigenvalue weighted by Gasteiger charge is -2.26. The number of carbonyl (C=O) groups excluding carboxylic acids is 3. The largest absolute Gasteiger partial charge is 0.350 e. The molecule has 1 saturated heterocycles. The topological polar surface area (TPSA) is 66.5 Å². The van der Waals surface area contributed by atoms with Crippen LogP contribution in [-0.4, -0.2) is 40.7 Å². The average molecular weight is 389 g/mol. The zero-order valence-electron chi connectivity index (χ0n) is 16.1. The molecule has 0 radical (unpaired) electrons. The minimum atomic E-state index is -0.700. The van der Waals surface area contributed by atoms with E-state index in [0.29, 0.717) is 13.0 Å². The summed E-state index contributed by atoms with van der Waals surface area (Å²) in [4.78, 5) is 40.0. The molecule has 6 heteroatoms. The summed E-state index contributed by atoms with van der Waals surface area (Å²) in [5.41, 5.74) is 2.17. The Balaban J connectivity index is 1.72. The summed E-state index contributed by atoms with van der Waals surface area (Å²) in [5.74, 6) is -0.205. The van der Waals surface area contributed by atoms with E-state index in [2.05, 4.69) is 5.32 Å². The molecule has 1 heterocycles. The Morgan fingerprint density at radius 3 is 2.30 bits per heavy atom. The van der Waals surface area contributed by atoms with Gasteiger partial charge in [-0.15, -0.1) is 0 Å². The number of hydrogen-bond acceptors (Lipinski definition) is 4. The smallest absolute Gasteiger partial charge is 0.243 e. The van der Waals surface area contributed by atoms with Crippen LogP contribution in [0.1, 0.15) is 43.2 Å². The number of imide groups is 1. The van der Waals surface area contributed by atoms with Gasteiger partial charge >= 0.3 is 0 Å². The highest BCUT2D eigenvalue weighted by Gasteiger charge is 2.51. The second-order valence-electron chi connectivity index (χ2n) is 7.54. The summed E-state index contributed by atoms with van der Waals surface area (Å²) >= 11 is 1.62. The Morgan fingerprint density at radius 2 is 1.74 bits per heavy atom. The fourth-order valence-corrected chi connectivity index (χ4v) is 4.57. The zero-order valence-corrected chi connectivity index (χ0v) is 16.9. The maximum atomic E-state index is 12.9. The molecular formula is C21H28N2O3S. The summed E-state index contributed by atoms with van der Waals surface area (Å²) in [7, 11) is 0. The lowest BCUT2D eigenvalue weighted by atomic mass is 9.81. The minimum Gasteiger partial charge on any atom is -0.350 e. The third kappa shape index (κ3) is 4.37. The van der Waals surface area contributed by atoms with E-state index in [9.17, 15) is 14.4 Å². The van der Waals surface area contributed by atoms with E-state index in [4.69, 9.17) is 0 Å². The van der Waals surface area contributed by atoms with Gasteiger partial charge in [-0.25, -0.2) is 0 Å². The maximum Gasteiger partial charge on any atom is 0.243 e. The van der Waals surface area contributed by atoms with E-state index >= 15 is 0 Å². The molecule has 3 unspecified atom stereocenters. The maximum absolute atomic E-state index is 12.9. The molecule has 1 N–H and O–H groups in total. The molecule has 1 aromatic carbocycles. The van der Waals surface area contributed by atoms with Gasteiger partial charge in [0.25, 0.3) is 0 Å². The molecule has 2 aliphatic rings. The lowest BCUT2D eigenvalue weighted by Crippen LogP contribution is -2.50. The number of fused-ring (bicyclic) bond motifs is 1. The molecule has 1 aliphatic carbocycles. The van der Waals surface area contributed by atoms with Crippen molar-refractivity contribution in [2.75, 3.05) is 12.0 Å². The highest BCUT2D eigenvalue weighted by atomic mass is 32.2. The monoisotopic (exact) mass is 388 g/mol. The number of nitrogens with one attached hydrogen (secondary N) is 1. The van der Waals surface area contributed by atoms with Crippen molar-refractivity contribution in [2.45, 2.75) is 51.6 Å². The van der Waals surface area contributed by atoms with Gasteiger partial charge in [-0.2, -0.15) is 11.8 Å². The summed E-state index contributed by atoms with van der Waals surface area (Å²) in [6.07, 6.45) is 5.98. The van der Waals surface area contributed by atoms with Crippen molar-refractivity contribution in [3.05, 3.63) is 35.4 Å². The Bertz CT molecular complexity index is 680. The van der Waals surface area contributed by atoms with Crippen molar-refractivity contribution >= 4 is 29.5 Å². The Labute approximate surface area is 165 Å². The van der Waals surface area contributed by atoms with Crippen LogP contribution in [-0.2, 0) is 20.9 Å². The van der Waals surface area contributed by atoms with E-state index < -0.39 is 6.04 Å². The van der Waals surface area contributed by atoms with Crippen molar-refractivity contribution in [1.29, 1.82) is 0 Å². The first-order valence-corrected chi connectivity index (χ1v) is 11.1. The zero-order chi connectivity index (χ0) is 19.4. The van der Waals surface area contributed by atoms with Crippen LogP contribution in [0.15, 0.2) is 24.3 Å². The first-order chi connectivity index (χ1) is 13.0. The second kappa shape index (κ2) is 8.91. The van der Waals surface area contributed by atoms with Crippen molar-refractivity contribution in [1.82, 2.24) is 10.2 Å². The average Bonchev–Trinajstić information content (AvgIpc) is 2.93. The van der Waals surface area contributed by atoms with E-state index in [-0.39, 0.29) is 29.6 Å². The molecule has 1 aromatic rings. The molecule has 1 aliphatic heterocycles. The van der Waals surface area contributed by atoms with Gasteiger partial charge in [0.15, 0.2) is 0 Å². The van der Waals surface area contributed by atoms with Crippen molar-refractivity contribution in [3.63, 3.8) is 0 Å². The van der Waals surface area contributed by atoms with Gasteiger partial charge in [0.05, 0.1) is 11.8 Å². The number of nitrogens with zero attached hydrogens (tertiary/aromatic N) is 1. The summed E-state index contributed by atoms with van der Waals surface area (Å²) in [6.45, 7) is 2.42. The van der Waals surface area contributed by atoms with E-state index in [1.54, 1.807) is 11.8 Å². The van der Waals surface area contributed by atoms with E-state index in [1.807, 2.05) is 37.4 Å². The van der Waals surface area contributed by atoms with Gasteiger partial charge in [-0.1, -0.05) is 42.7 Å². The van der Waals surface area contributed by atoms with Gasteiger partial charge in [0.1, 0.15) is 6.04 Å². The highest BCUT2D eigenvalue weighted by Crippen LogP contribution is 2.39. The summed E-state index contributed by atoms with van der Waals surface area (Å²) in [6, 6.07) is 7.27. The van der Waals surface area contributed by atoms with Crippen LogP contribution in [0.25, 0.3) is 0 Å². The molecule has 2 fully saturated rings. The molecule has 146 valence electrons. The number of benzene rings is 1. The normalized spacial score (nSPS) is 23.3. The first-order valence-electron chi connectivity index (χ1n) is 9.72. The molecule has 0 spiro atoms. The number of aryl methyl sites for hydroxylation is 1. The summed E-state index contributed by atoms with van der Waals surface area (Å²) < 4.78 is 0. The van der Waals surface area contributed by atoms with Crippen LogP contribution in [0.4, 0.5) is 0 Å². The SMILES string of the molecule is CSCCC(C(=O)NCc1ccc(C)cc1)N1C(=O)C2CCCCC2C1=O. The minimum absolute atomic E-state index is 0.138. The standard InChI is InChI=1S/C21H28N2O3S/c1-14-7-9-15(10-8-14)13-22-19(24)18(11-12-27-2)23-20(25)16-5-3-4-6-17(16)21(23)26/h7-10,16-18H,3-6,11-13H2,1-2H3,(H,22,24). The molecule has 1 saturated carbocycles. The van der Waals surface area contributed by atoms with Gasteiger partial charge in [0.2, 0.25) is 17.7 Å². The first kappa shape index (κ1) is 19.9. The molecular weight excluding hydrogens is 360 g/mol. The molecule has 0 aromatic heterocycles. The van der Waals surface area contributed by atoms with Crippen LogP contribution in [0.3, 0.4) is 0 Å². The molecule has 3 atom stereocenters. The molecule has 3 rings (SSSR count). The Morgan fingerprint density at radius 1 is 1.15 bits per heavy atom. The third-order valence-corrected chi connectivity index (χ3v) is 6.32. The quantitative estimate of drug-likeness (QED) is 0.730. The van der Waals surface area contributed by atoms with E-state index in [1.165, 1.54) is 10.5 Å². The Kier molecular flexibility index (Phi) is 6.58. The molecule has 27 heavy (non-hydrogen) atoms. The second-order valence-corrected chi connectivity index (χ2v) is 8.53. The van der Waals surface area contributed by atoms with Crippen molar-refractivity contribution < 1.29 is 14.4 Å². The molecule has 3 amide bonds. The number of amides is 3. The van der Waals surface area contributed by atoms with Gasteiger partial charge in [-0.05, 0) is 43.8 Å². The summed E-state index contributed by atoms with van der Waals surface area (Å²) in [5, 5.41) is 2.93. The number of thioether (sulfide) groups is 1. The third-order valence-electron chi connectivity index (χ3n) is 5.67. The van der Waals surface area contributed by atoms with E-state index in [0.717, 1.165) is 37.0 Å². The predicted molar refractivity (Wildman–Crippen MR) is 107 cm³/mol. The van der Waals surface area contributed by atoms with Crippen LogP contribution < -0.4 is 5.32 Å². The predicted octanol–water partition coefficient (Wildman–Crippen LogP) is 2.91. The fraction of sp³-hybridized carbons (Fsp3) is 0.571. The van der Waals surface area contributed by atoms with Gasteiger partial charge in [-0.3, -0.25) is 19.3 Å². The number of likely N-dealkylation sites (tertiary alicyclic amines) is 1. The van der Waals surface area contributed by atoms with Crippen LogP contribution in [0.2, 0.25) is 0 Å². The highest BCUT2D eigenvalue weighted by molar-refractivity contribution is 7.98. The van der Waals surface area contributed by atoms with Crippen molar-refractivity contribution in [2.24, 2.45) is 11.8 Å². The van der Waals surface area contributed by atoms with Crippen LogP contribution >= 0.6 is 11.8 Å². The van der Waals surface area contributed by atoms with Gasteiger partial charge < -0.3 is 5.32 Å². The van der Waals surface area contributed by atoms with Crippen LogP contribution in [0, 0.1) is 18.8 Å².